The monoisotopic (exact) mass is 140 g/mol. The lowest BCUT2D eigenvalue weighted by Crippen LogP contribution is -1.93. The highest BCUT2D eigenvalue weighted by Crippen LogP contribution is 1.93. The zero-order chi connectivity index (χ0) is 7.23. The van der Waals surface area contributed by atoms with Crippen molar-refractivity contribution >= 4 is 0 Å². The van der Waals surface area contributed by atoms with Gasteiger partial charge in [0.25, 0.3) is 0 Å². The van der Waals surface area contributed by atoms with Gasteiger partial charge in [-0.2, -0.15) is 0 Å². The Bertz CT molecular complexity index is 160. The molecule has 0 atom stereocenters. The molecule has 1 aromatic rings. The van der Waals surface area contributed by atoms with Crippen molar-refractivity contribution in [2.24, 2.45) is 0 Å². The minimum atomic E-state index is 0.806. The van der Waals surface area contributed by atoms with Crippen molar-refractivity contribution in [3.05, 3.63) is 18.2 Å². The summed E-state index contributed by atoms with van der Waals surface area (Å²) in [6, 6.07) is 0. The first-order chi connectivity index (χ1) is 4.93. The van der Waals surface area contributed by atoms with E-state index in [-0.39, 0.29) is 0 Å². The topological polar surface area (TPSA) is 37.9 Å². The third-order valence-electron chi connectivity index (χ3n) is 1.32. The van der Waals surface area contributed by atoms with E-state index in [0.29, 0.717) is 0 Å². The normalized spacial score (nSPS) is 10.1. The molecular formula is C7H12N2O. The van der Waals surface area contributed by atoms with E-state index in [9.17, 15) is 0 Å². The number of nitrogens with zero attached hydrogens (tertiary/aromatic N) is 1. The molecule has 10 heavy (non-hydrogen) atoms. The Kier molecular flexibility index (Phi) is 2.96. The van der Waals surface area contributed by atoms with Gasteiger partial charge in [-0.15, -0.1) is 0 Å². The van der Waals surface area contributed by atoms with Gasteiger partial charge in [-0.25, -0.2) is 4.98 Å². The molecular weight excluding hydrogens is 128 g/mol. The average Bonchev–Trinajstić information content (AvgIpc) is 2.41. The molecule has 56 valence electrons. The third-order valence-corrected chi connectivity index (χ3v) is 1.32. The predicted octanol–water partition coefficient (Wildman–Crippen LogP) is 0.989. The highest BCUT2D eigenvalue weighted by molar-refractivity contribution is 4.86. The number of hydrogen-bond donors (Lipinski definition) is 1. The molecule has 0 saturated carbocycles. The van der Waals surface area contributed by atoms with Gasteiger partial charge in [0.05, 0.1) is 0 Å². The average molecular weight is 140 g/mol. The summed E-state index contributed by atoms with van der Waals surface area (Å²) < 4.78 is 4.90. The number of nitrogens with one attached hydrogen (secondary N) is 1. The number of imidazole rings is 1. The van der Waals surface area contributed by atoms with E-state index in [0.717, 1.165) is 25.3 Å². The standard InChI is InChI=1S/C7H12N2O/c1-10-6-2-3-7-8-4-5-9-7/h4-5H,2-3,6H2,1H3,(H,8,9). The Morgan fingerprint density at radius 3 is 3.20 bits per heavy atom. The zero-order valence-corrected chi connectivity index (χ0v) is 6.13. The zero-order valence-electron chi connectivity index (χ0n) is 6.13. The van der Waals surface area contributed by atoms with Crippen LogP contribution in [0.3, 0.4) is 0 Å². The summed E-state index contributed by atoms with van der Waals surface area (Å²) in [7, 11) is 1.71. The second-order valence-electron chi connectivity index (χ2n) is 2.13. The van der Waals surface area contributed by atoms with Crippen molar-refractivity contribution in [3.63, 3.8) is 0 Å². The summed E-state index contributed by atoms with van der Waals surface area (Å²) in [6.45, 7) is 0.806. The lowest BCUT2D eigenvalue weighted by atomic mass is 10.3. The fourth-order valence-corrected chi connectivity index (χ4v) is 0.819. The van der Waals surface area contributed by atoms with Crippen molar-refractivity contribution in [3.8, 4) is 0 Å². The molecule has 0 bridgehead atoms. The van der Waals surface area contributed by atoms with Crippen molar-refractivity contribution in [2.75, 3.05) is 13.7 Å². The lowest BCUT2D eigenvalue weighted by Gasteiger charge is -1.94. The molecule has 0 saturated heterocycles. The van der Waals surface area contributed by atoms with Gasteiger partial charge in [-0.1, -0.05) is 0 Å². The van der Waals surface area contributed by atoms with Crippen LogP contribution in [0.5, 0.6) is 0 Å². The maximum absolute atomic E-state index is 4.90. The Labute approximate surface area is 60.4 Å². The quantitative estimate of drug-likeness (QED) is 0.633. The first kappa shape index (κ1) is 7.28. The molecule has 0 aliphatic rings. The molecule has 0 aromatic carbocycles. The number of aryl methyl sites for hydroxylation is 1. The molecule has 0 amide bonds. The van der Waals surface area contributed by atoms with Crippen molar-refractivity contribution < 1.29 is 4.74 Å². The Balaban J connectivity index is 2.15. The molecule has 0 unspecified atom stereocenters. The van der Waals surface area contributed by atoms with Crippen LogP contribution in [0, 0.1) is 0 Å². The summed E-state index contributed by atoms with van der Waals surface area (Å²) in [4.78, 5) is 7.11. The highest BCUT2D eigenvalue weighted by Gasteiger charge is 1.92. The molecule has 0 spiro atoms. The Hall–Kier alpha value is -0.830. The number of hydrogen-bond acceptors (Lipinski definition) is 2. The number of ether oxygens (including phenoxy) is 1. The molecule has 0 radical (unpaired) electrons. The minimum Gasteiger partial charge on any atom is -0.385 e. The number of aromatic amines is 1. The van der Waals surface area contributed by atoms with E-state index < -0.39 is 0 Å². The summed E-state index contributed by atoms with van der Waals surface area (Å²) in [5.41, 5.74) is 0. The van der Waals surface area contributed by atoms with Crippen LogP contribution in [0.25, 0.3) is 0 Å². The molecule has 3 heteroatoms. The van der Waals surface area contributed by atoms with Gasteiger partial charge in [0, 0.05) is 32.5 Å². The lowest BCUT2D eigenvalue weighted by molar-refractivity contribution is 0.194. The van der Waals surface area contributed by atoms with Gasteiger partial charge in [0.1, 0.15) is 5.82 Å². The van der Waals surface area contributed by atoms with E-state index in [1.807, 2.05) is 6.20 Å². The fraction of sp³-hybridized carbons (Fsp3) is 0.571. The largest absolute Gasteiger partial charge is 0.385 e. The second-order valence-corrected chi connectivity index (χ2v) is 2.13. The third kappa shape index (κ3) is 2.19. The molecule has 0 aliphatic heterocycles. The summed E-state index contributed by atoms with van der Waals surface area (Å²) in [5, 5.41) is 0. The van der Waals surface area contributed by atoms with Gasteiger partial charge in [0.2, 0.25) is 0 Å². The molecule has 3 nitrogen and oxygen atoms in total. The summed E-state index contributed by atoms with van der Waals surface area (Å²) >= 11 is 0. The SMILES string of the molecule is COCCCc1ncc[nH]1. The molecule has 1 heterocycles. The number of aromatic nitrogens is 2. The first-order valence-electron chi connectivity index (χ1n) is 3.40. The number of rotatable bonds is 4. The van der Waals surface area contributed by atoms with Crippen LogP contribution in [-0.4, -0.2) is 23.7 Å². The highest BCUT2D eigenvalue weighted by atomic mass is 16.5. The van der Waals surface area contributed by atoms with E-state index in [1.54, 1.807) is 13.3 Å². The van der Waals surface area contributed by atoms with Crippen LogP contribution in [0.1, 0.15) is 12.2 Å². The Morgan fingerprint density at radius 1 is 1.70 bits per heavy atom. The first-order valence-corrected chi connectivity index (χ1v) is 3.40. The van der Waals surface area contributed by atoms with E-state index in [2.05, 4.69) is 9.97 Å². The number of methoxy groups -OCH3 is 1. The smallest absolute Gasteiger partial charge is 0.106 e. The van der Waals surface area contributed by atoms with Crippen molar-refractivity contribution in [1.29, 1.82) is 0 Å². The Morgan fingerprint density at radius 2 is 2.60 bits per heavy atom. The van der Waals surface area contributed by atoms with Gasteiger partial charge >= 0.3 is 0 Å². The maximum Gasteiger partial charge on any atom is 0.106 e. The maximum atomic E-state index is 4.90. The van der Waals surface area contributed by atoms with Gasteiger partial charge in [-0.05, 0) is 6.42 Å². The van der Waals surface area contributed by atoms with Crippen LogP contribution in [-0.2, 0) is 11.2 Å². The summed E-state index contributed by atoms with van der Waals surface area (Å²) in [5.74, 6) is 1.04. The van der Waals surface area contributed by atoms with Crippen LogP contribution in [0.15, 0.2) is 12.4 Å². The van der Waals surface area contributed by atoms with E-state index >= 15 is 0 Å². The van der Waals surface area contributed by atoms with Crippen LogP contribution in [0.4, 0.5) is 0 Å². The number of H-pyrrole nitrogens is 1. The molecule has 0 fully saturated rings. The van der Waals surface area contributed by atoms with E-state index in [1.165, 1.54) is 0 Å². The van der Waals surface area contributed by atoms with Crippen LogP contribution >= 0.6 is 0 Å². The predicted molar refractivity (Wildman–Crippen MR) is 38.8 cm³/mol. The second kappa shape index (κ2) is 4.06. The molecule has 0 aliphatic carbocycles. The van der Waals surface area contributed by atoms with Crippen LogP contribution < -0.4 is 0 Å². The van der Waals surface area contributed by atoms with Crippen LogP contribution in [0.2, 0.25) is 0 Å². The van der Waals surface area contributed by atoms with Gasteiger partial charge < -0.3 is 9.72 Å². The summed E-state index contributed by atoms with van der Waals surface area (Å²) in [6.07, 6.45) is 5.61. The molecule has 1 rings (SSSR count). The van der Waals surface area contributed by atoms with Gasteiger partial charge in [-0.3, -0.25) is 0 Å². The molecule has 1 aromatic heterocycles. The van der Waals surface area contributed by atoms with Gasteiger partial charge in [0.15, 0.2) is 0 Å². The van der Waals surface area contributed by atoms with E-state index in [4.69, 9.17) is 4.74 Å². The minimum absolute atomic E-state index is 0.806. The van der Waals surface area contributed by atoms with Crippen molar-refractivity contribution in [2.45, 2.75) is 12.8 Å². The fourth-order valence-electron chi connectivity index (χ4n) is 0.819. The molecule has 1 N–H and O–H groups in total. The van der Waals surface area contributed by atoms with Crippen molar-refractivity contribution in [1.82, 2.24) is 9.97 Å².